The number of likely N-dealkylation sites (N-methyl/N-ethyl adjacent to an activating group) is 1. The predicted octanol–water partition coefficient (Wildman–Crippen LogP) is 1.92. The number of amides is 2. The van der Waals surface area contributed by atoms with E-state index >= 15 is 0 Å². The number of rotatable bonds is 8. The molecule has 1 aliphatic heterocycles. The summed E-state index contributed by atoms with van der Waals surface area (Å²) in [5, 5.41) is 0. The van der Waals surface area contributed by atoms with Crippen LogP contribution in [-0.2, 0) is 19.1 Å². The van der Waals surface area contributed by atoms with Crippen molar-refractivity contribution in [1.82, 2.24) is 9.80 Å². The quantitative estimate of drug-likeness (QED) is 0.676. The van der Waals surface area contributed by atoms with Crippen LogP contribution in [0.4, 0.5) is 0 Å². The van der Waals surface area contributed by atoms with Crippen molar-refractivity contribution in [3.8, 4) is 0 Å². The number of unbranched alkanes of at least 4 members (excludes halogenated alkanes) is 1. The zero-order valence-electron chi connectivity index (χ0n) is 16.1. The van der Waals surface area contributed by atoms with E-state index in [1.54, 1.807) is 14.1 Å². The van der Waals surface area contributed by atoms with Crippen LogP contribution in [0.15, 0.2) is 0 Å². The Kier molecular flexibility index (Phi) is 8.16. The summed E-state index contributed by atoms with van der Waals surface area (Å²) in [4.78, 5) is 27.6. The third-order valence-electron chi connectivity index (χ3n) is 4.23. The van der Waals surface area contributed by atoms with E-state index in [-0.39, 0.29) is 30.4 Å². The molecule has 6 heteroatoms. The minimum Gasteiger partial charge on any atom is -0.369 e. The van der Waals surface area contributed by atoms with Crippen molar-refractivity contribution >= 4 is 11.8 Å². The van der Waals surface area contributed by atoms with Gasteiger partial charge in [-0.15, -0.1) is 0 Å². The van der Waals surface area contributed by atoms with Gasteiger partial charge in [-0.2, -0.15) is 0 Å². The molecule has 0 aromatic heterocycles. The number of morpholine rings is 1. The molecule has 0 aromatic rings. The minimum atomic E-state index is -0.405. The molecule has 1 rings (SSSR count). The van der Waals surface area contributed by atoms with Gasteiger partial charge in [0.1, 0.15) is 6.61 Å². The van der Waals surface area contributed by atoms with Crippen molar-refractivity contribution in [2.45, 2.75) is 58.7 Å². The standard InChI is InChI=1S/C18H34N2O4/c1-7-8-9-14(2)17(22)20-10-15(24-18(3,4)13-20)11-23-12-16(21)19(5)6/h14-15H,7-13H2,1-6H3. The highest BCUT2D eigenvalue weighted by atomic mass is 16.6. The molecule has 1 saturated heterocycles. The van der Waals surface area contributed by atoms with Gasteiger partial charge in [-0.25, -0.2) is 0 Å². The smallest absolute Gasteiger partial charge is 0.248 e. The van der Waals surface area contributed by atoms with Crippen molar-refractivity contribution in [1.29, 1.82) is 0 Å². The molecule has 2 atom stereocenters. The molecule has 0 aliphatic carbocycles. The van der Waals surface area contributed by atoms with Gasteiger partial charge < -0.3 is 19.3 Å². The maximum absolute atomic E-state index is 12.7. The lowest BCUT2D eigenvalue weighted by Gasteiger charge is -2.43. The fourth-order valence-electron chi connectivity index (χ4n) is 2.90. The van der Waals surface area contributed by atoms with Gasteiger partial charge >= 0.3 is 0 Å². The van der Waals surface area contributed by atoms with Crippen LogP contribution < -0.4 is 0 Å². The van der Waals surface area contributed by atoms with E-state index in [2.05, 4.69) is 6.92 Å². The molecule has 140 valence electrons. The summed E-state index contributed by atoms with van der Waals surface area (Å²) in [5.41, 5.74) is -0.405. The second-order valence-corrected chi connectivity index (χ2v) is 7.56. The Morgan fingerprint density at radius 1 is 1.38 bits per heavy atom. The lowest BCUT2D eigenvalue weighted by Crippen LogP contribution is -2.56. The van der Waals surface area contributed by atoms with Crippen molar-refractivity contribution < 1.29 is 19.1 Å². The normalized spacial score (nSPS) is 21.4. The average molecular weight is 342 g/mol. The summed E-state index contributed by atoms with van der Waals surface area (Å²) >= 11 is 0. The second-order valence-electron chi connectivity index (χ2n) is 7.56. The lowest BCUT2D eigenvalue weighted by molar-refractivity contribution is -0.174. The molecule has 6 nitrogen and oxygen atoms in total. The molecule has 0 bridgehead atoms. The fourth-order valence-corrected chi connectivity index (χ4v) is 2.90. The van der Waals surface area contributed by atoms with Gasteiger partial charge in [0.15, 0.2) is 0 Å². The van der Waals surface area contributed by atoms with Crippen molar-refractivity contribution in [2.24, 2.45) is 5.92 Å². The van der Waals surface area contributed by atoms with E-state index < -0.39 is 5.60 Å². The van der Waals surface area contributed by atoms with Crippen LogP contribution in [0.1, 0.15) is 47.0 Å². The van der Waals surface area contributed by atoms with Gasteiger partial charge in [-0.05, 0) is 20.3 Å². The SMILES string of the molecule is CCCCC(C)C(=O)N1CC(COCC(=O)N(C)C)OC(C)(C)C1. The third-order valence-corrected chi connectivity index (χ3v) is 4.23. The first kappa shape index (κ1) is 20.9. The molecule has 0 aromatic carbocycles. The third kappa shape index (κ3) is 6.77. The van der Waals surface area contributed by atoms with E-state index in [1.807, 2.05) is 25.7 Å². The molecule has 1 fully saturated rings. The molecule has 0 N–H and O–H groups in total. The van der Waals surface area contributed by atoms with Crippen LogP contribution in [0.5, 0.6) is 0 Å². The monoisotopic (exact) mass is 342 g/mol. The first-order chi connectivity index (χ1) is 11.2. The number of nitrogens with zero attached hydrogens (tertiary/aromatic N) is 2. The summed E-state index contributed by atoms with van der Waals surface area (Å²) in [6.07, 6.45) is 2.89. The van der Waals surface area contributed by atoms with Crippen LogP contribution in [0.2, 0.25) is 0 Å². The molecule has 2 amide bonds. The van der Waals surface area contributed by atoms with Crippen molar-refractivity contribution in [2.75, 3.05) is 40.4 Å². The minimum absolute atomic E-state index is 0.0359. The largest absolute Gasteiger partial charge is 0.369 e. The van der Waals surface area contributed by atoms with E-state index in [9.17, 15) is 9.59 Å². The zero-order valence-corrected chi connectivity index (χ0v) is 16.1. The van der Waals surface area contributed by atoms with Crippen LogP contribution in [0.25, 0.3) is 0 Å². The van der Waals surface area contributed by atoms with Crippen molar-refractivity contribution in [3.05, 3.63) is 0 Å². The summed E-state index contributed by atoms with van der Waals surface area (Å²) in [6, 6.07) is 0. The Morgan fingerprint density at radius 2 is 2.04 bits per heavy atom. The highest BCUT2D eigenvalue weighted by Crippen LogP contribution is 2.23. The molecule has 24 heavy (non-hydrogen) atoms. The summed E-state index contributed by atoms with van der Waals surface area (Å²) in [7, 11) is 3.40. The Morgan fingerprint density at radius 3 is 2.62 bits per heavy atom. The molecule has 1 heterocycles. The zero-order chi connectivity index (χ0) is 18.3. The van der Waals surface area contributed by atoms with Crippen LogP contribution >= 0.6 is 0 Å². The highest BCUT2D eigenvalue weighted by Gasteiger charge is 2.36. The second kappa shape index (κ2) is 9.37. The predicted molar refractivity (Wildman–Crippen MR) is 93.7 cm³/mol. The van der Waals surface area contributed by atoms with Crippen LogP contribution in [0.3, 0.4) is 0 Å². The average Bonchev–Trinajstić information content (AvgIpc) is 2.50. The van der Waals surface area contributed by atoms with E-state index in [4.69, 9.17) is 9.47 Å². The summed E-state index contributed by atoms with van der Waals surface area (Å²) < 4.78 is 11.5. The Hall–Kier alpha value is -1.14. The Balaban J connectivity index is 2.56. The number of ether oxygens (including phenoxy) is 2. The number of hydrogen-bond donors (Lipinski definition) is 0. The first-order valence-electron chi connectivity index (χ1n) is 8.90. The van der Waals surface area contributed by atoms with Crippen LogP contribution in [-0.4, -0.2) is 73.7 Å². The highest BCUT2D eigenvalue weighted by molar-refractivity contribution is 5.78. The summed E-state index contributed by atoms with van der Waals surface area (Å²) in [5.74, 6) is 0.149. The fraction of sp³-hybridized carbons (Fsp3) is 0.889. The molecule has 0 saturated carbocycles. The Bertz CT molecular complexity index is 423. The van der Waals surface area contributed by atoms with E-state index in [0.29, 0.717) is 19.7 Å². The van der Waals surface area contributed by atoms with Gasteiger partial charge in [-0.1, -0.05) is 26.7 Å². The van der Waals surface area contributed by atoms with Gasteiger partial charge in [0, 0.05) is 33.1 Å². The number of carbonyl (C=O) groups is 2. The van der Waals surface area contributed by atoms with Crippen molar-refractivity contribution in [3.63, 3.8) is 0 Å². The maximum Gasteiger partial charge on any atom is 0.248 e. The van der Waals surface area contributed by atoms with Gasteiger partial charge in [0.05, 0.1) is 18.3 Å². The Labute approximate surface area is 146 Å². The maximum atomic E-state index is 12.7. The molecule has 0 radical (unpaired) electrons. The van der Waals surface area contributed by atoms with E-state index in [0.717, 1.165) is 19.3 Å². The topological polar surface area (TPSA) is 59.1 Å². The first-order valence-corrected chi connectivity index (χ1v) is 8.90. The van der Waals surface area contributed by atoms with Crippen LogP contribution in [0, 0.1) is 5.92 Å². The van der Waals surface area contributed by atoms with Gasteiger partial charge in [-0.3, -0.25) is 9.59 Å². The molecular weight excluding hydrogens is 308 g/mol. The number of hydrogen-bond acceptors (Lipinski definition) is 4. The summed E-state index contributed by atoms with van der Waals surface area (Å²) in [6.45, 7) is 9.58. The molecule has 0 spiro atoms. The molecular formula is C18H34N2O4. The number of carbonyl (C=O) groups excluding carboxylic acids is 2. The molecule has 2 unspecified atom stereocenters. The van der Waals surface area contributed by atoms with E-state index in [1.165, 1.54) is 4.90 Å². The van der Waals surface area contributed by atoms with Gasteiger partial charge in [0.25, 0.3) is 0 Å². The van der Waals surface area contributed by atoms with Gasteiger partial charge in [0.2, 0.25) is 11.8 Å². The molecule has 1 aliphatic rings. The lowest BCUT2D eigenvalue weighted by atomic mass is 9.99.